The van der Waals surface area contributed by atoms with Gasteiger partial charge >= 0.3 is 0 Å². The number of thiazole rings is 1. The smallest absolute Gasteiger partial charge is 0.183 e. The zero-order chi connectivity index (χ0) is 11.5. The molecule has 1 aromatic heterocycles. The fraction of sp³-hybridized carbons (Fsp3) is 0.417. The highest BCUT2D eigenvalue weighted by Crippen LogP contribution is 2.27. The van der Waals surface area contributed by atoms with Gasteiger partial charge in [-0.2, -0.15) is 23.5 Å². The highest BCUT2D eigenvalue weighted by atomic mass is 32.2. The molecule has 1 unspecified atom stereocenters. The first-order valence-electron chi connectivity index (χ1n) is 5.70. The molecule has 0 bridgehead atoms. The van der Waals surface area contributed by atoms with Gasteiger partial charge in [0.05, 0.1) is 10.2 Å². The van der Waals surface area contributed by atoms with Gasteiger partial charge in [0.25, 0.3) is 0 Å². The Morgan fingerprint density at radius 2 is 2.24 bits per heavy atom. The maximum atomic E-state index is 4.59. The molecule has 0 spiro atoms. The van der Waals surface area contributed by atoms with Gasteiger partial charge < -0.3 is 5.32 Å². The Balaban J connectivity index is 1.64. The number of aromatic nitrogens is 1. The molecule has 1 N–H and O–H groups in total. The molecule has 1 aromatic carbocycles. The van der Waals surface area contributed by atoms with Crippen LogP contribution in [0.25, 0.3) is 10.2 Å². The van der Waals surface area contributed by atoms with E-state index in [1.165, 1.54) is 22.0 Å². The van der Waals surface area contributed by atoms with Crippen molar-refractivity contribution in [2.24, 2.45) is 0 Å². The number of nitrogens with zero attached hydrogens (tertiary/aromatic N) is 1. The van der Waals surface area contributed by atoms with Gasteiger partial charge in [-0.3, -0.25) is 0 Å². The van der Waals surface area contributed by atoms with Crippen LogP contribution in [0.4, 0.5) is 5.13 Å². The number of nitrogens with one attached hydrogen (secondary N) is 1. The van der Waals surface area contributed by atoms with Crippen LogP contribution in [0.15, 0.2) is 24.3 Å². The van der Waals surface area contributed by atoms with Crippen molar-refractivity contribution in [3.63, 3.8) is 0 Å². The summed E-state index contributed by atoms with van der Waals surface area (Å²) in [6, 6.07) is 8.31. The van der Waals surface area contributed by atoms with Gasteiger partial charge in [-0.05, 0) is 12.1 Å². The van der Waals surface area contributed by atoms with Crippen molar-refractivity contribution >= 4 is 50.2 Å². The predicted molar refractivity (Wildman–Crippen MR) is 81.7 cm³/mol. The highest BCUT2D eigenvalue weighted by molar-refractivity contribution is 8.06. The monoisotopic (exact) mass is 282 g/mol. The van der Waals surface area contributed by atoms with Gasteiger partial charge in [-0.15, -0.1) is 0 Å². The Bertz CT molecular complexity index is 458. The van der Waals surface area contributed by atoms with E-state index >= 15 is 0 Å². The predicted octanol–water partition coefficient (Wildman–Crippen LogP) is 3.56. The van der Waals surface area contributed by atoms with E-state index in [2.05, 4.69) is 52.0 Å². The molecule has 1 saturated heterocycles. The molecule has 1 fully saturated rings. The van der Waals surface area contributed by atoms with E-state index in [1.807, 2.05) is 6.07 Å². The van der Waals surface area contributed by atoms with Gasteiger partial charge in [0, 0.05) is 29.1 Å². The highest BCUT2D eigenvalue weighted by Gasteiger charge is 2.14. The molecule has 2 nitrogen and oxygen atoms in total. The van der Waals surface area contributed by atoms with E-state index in [0.29, 0.717) is 0 Å². The molecule has 0 radical (unpaired) electrons. The molecule has 2 aromatic rings. The maximum Gasteiger partial charge on any atom is 0.183 e. The van der Waals surface area contributed by atoms with Crippen LogP contribution in [0.1, 0.15) is 0 Å². The summed E-state index contributed by atoms with van der Waals surface area (Å²) in [5, 5.41) is 5.27. The minimum Gasteiger partial charge on any atom is -0.360 e. The van der Waals surface area contributed by atoms with Crippen molar-refractivity contribution < 1.29 is 0 Å². The van der Waals surface area contributed by atoms with Gasteiger partial charge in [0.15, 0.2) is 5.13 Å². The second-order valence-corrected chi connectivity index (χ2v) is 7.52. The summed E-state index contributed by atoms with van der Waals surface area (Å²) in [6.45, 7) is 1.04. The topological polar surface area (TPSA) is 24.9 Å². The number of hydrogen-bond acceptors (Lipinski definition) is 5. The van der Waals surface area contributed by atoms with Crippen molar-refractivity contribution in [3.8, 4) is 0 Å². The quantitative estimate of drug-likeness (QED) is 0.930. The zero-order valence-corrected chi connectivity index (χ0v) is 11.8. The Hall–Kier alpha value is -0.390. The molecule has 2 heterocycles. The van der Waals surface area contributed by atoms with Gasteiger partial charge in [-0.1, -0.05) is 23.5 Å². The van der Waals surface area contributed by atoms with Gasteiger partial charge in [0.2, 0.25) is 0 Å². The summed E-state index contributed by atoms with van der Waals surface area (Å²) in [6.07, 6.45) is 0. The molecule has 1 aliphatic rings. The number of rotatable bonds is 3. The van der Waals surface area contributed by atoms with E-state index in [-0.39, 0.29) is 0 Å². The van der Waals surface area contributed by atoms with Gasteiger partial charge in [-0.25, -0.2) is 4.98 Å². The van der Waals surface area contributed by atoms with Crippen molar-refractivity contribution in [2.45, 2.75) is 5.25 Å². The molecule has 0 amide bonds. The first kappa shape index (κ1) is 11.7. The van der Waals surface area contributed by atoms with Crippen molar-refractivity contribution in [1.29, 1.82) is 0 Å². The number of benzene rings is 1. The number of hydrogen-bond donors (Lipinski definition) is 1. The number of fused-ring (bicyclic) bond motifs is 1. The van der Waals surface area contributed by atoms with Crippen LogP contribution in [0, 0.1) is 0 Å². The summed E-state index contributed by atoms with van der Waals surface area (Å²) < 4.78 is 1.26. The number of anilines is 1. The zero-order valence-electron chi connectivity index (χ0n) is 9.39. The normalized spacial score (nSPS) is 20.6. The Labute approximate surface area is 114 Å². The summed E-state index contributed by atoms with van der Waals surface area (Å²) in [4.78, 5) is 4.59. The largest absolute Gasteiger partial charge is 0.360 e. The van der Waals surface area contributed by atoms with Crippen LogP contribution in [-0.4, -0.2) is 34.0 Å². The lowest BCUT2D eigenvalue weighted by atomic mass is 10.3. The van der Waals surface area contributed by atoms with Crippen LogP contribution in [-0.2, 0) is 0 Å². The Morgan fingerprint density at radius 1 is 1.29 bits per heavy atom. The Kier molecular flexibility index (Phi) is 3.78. The average Bonchev–Trinajstić information content (AvgIpc) is 2.80. The molecule has 1 atom stereocenters. The van der Waals surface area contributed by atoms with Crippen LogP contribution >= 0.6 is 34.9 Å². The lowest BCUT2D eigenvalue weighted by Crippen LogP contribution is -2.23. The molecule has 5 heteroatoms. The van der Waals surface area contributed by atoms with E-state index < -0.39 is 0 Å². The standard InChI is InChI=1S/C12H14N2S3/c1-2-4-11-10(3-1)14-12(17-11)13-7-9-8-15-5-6-16-9/h1-4,9H,5-8H2,(H,13,14). The minimum absolute atomic E-state index is 0.737. The second kappa shape index (κ2) is 5.50. The second-order valence-electron chi connectivity index (χ2n) is 3.94. The lowest BCUT2D eigenvalue weighted by Gasteiger charge is -2.20. The summed E-state index contributed by atoms with van der Waals surface area (Å²) in [5.74, 6) is 3.86. The summed E-state index contributed by atoms with van der Waals surface area (Å²) in [7, 11) is 0. The first-order valence-corrected chi connectivity index (χ1v) is 8.72. The third-order valence-electron chi connectivity index (χ3n) is 2.66. The summed E-state index contributed by atoms with van der Waals surface area (Å²) in [5.41, 5.74) is 1.10. The average molecular weight is 282 g/mol. The molecule has 3 rings (SSSR count). The maximum absolute atomic E-state index is 4.59. The van der Waals surface area contributed by atoms with E-state index in [1.54, 1.807) is 11.3 Å². The molecule has 0 saturated carbocycles. The minimum atomic E-state index is 0.737. The molecule has 17 heavy (non-hydrogen) atoms. The molecule has 0 aliphatic carbocycles. The van der Waals surface area contributed by atoms with Crippen LogP contribution in [0.3, 0.4) is 0 Å². The lowest BCUT2D eigenvalue weighted by molar-refractivity contribution is 1.00. The van der Waals surface area contributed by atoms with E-state index in [4.69, 9.17) is 0 Å². The molecular formula is C12H14N2S3. The van der Waals surface area contributed by atoms with E-state index in [9.17, 15) is 0 Å². The third-order valence-corrected chi connectivity index (χ3v) is 6.50. The third kappa shape index (κ3) is 2.89. The number of para-hydroxylation sites is 1. The fourth-order valence-electron chi connectivity index (χ4n) is 1.80. The summed E-state index contributed by atoms with van der Waals surface area (Å²) >= 11 is 5.90. The fourth-order valence-corrected chi connectivity index (χ4v) is 5.29. The van der Waals surface area contributed by atoms with Crippen molar-refractivity contribution in [3.05, 3.63) is 24.3 Å². The van der Waals surface area contributed by atoms with Crippen LogP contribution in [0.2, 0.25) is 0 Å². The van der Waals surface area contributed by atoms with Crippen LogP contribution < -0.4 is 5.32 Å². The number of thioether (sulfide) groups is 2. The van der Waals surface area contributed by atoms with Crippen molar-refractivity contribution in [1.82, 2.24) is 4.98 Å². The molecule has 1 aliphatic heterocycles. The molecular weight excluding hydrogens is 268 g/mol. The van der Waals surface area contributed by atoms with Crippen LogP contribution in [0.5, 0.6) is 0 Å². The van der Waals surface area contributed by atoms with E-state index in [0.717, 1.165) is 22.4 Å². The van der Waals surface area contributed by atoms with Gasteiger partial charge in [0.1, 0.15) is 0 Å². The van der Waals surface area contributed by atoms with Crippen molar-refractivity contribution in [2.75, 3.05) is 29.1 Å². The first-order chi connectivity index (χ1) is 8.42. The molecule has 90 valence electrons. The SMILES string of the molecule is c1ccc2sc(NCC3CSCCS3)nc2c1. The Morgan fingerprint density at radius 3 is 3.06 bits per heavy atom.